The Morgan fingerprint density at radius 2 is 1.43 bits per heavy atom. The molecule has 0 radical (unpaired) electrons. The molecular weight excluding hydrogens is 572 g/mol. The zero-order valence-corrected chi connectivity index (χ0v) is 25.7. The molecule has 5 aliphatic rings. The molecule has 5 fully saturated rings. The van der Waals surface area contributed by atoms with Crippen LogP contribution >= 0.6 is 0 Å². The molecule has 11 heteroatoms. The average Bonchev–Trinajstić information content (AvgIpc) is 3.65. The number of hydrogen-bond acceptors (Lipinski definition) is 11. The van der Waals surface area contributed by atoms with Gasteiger partial charge in [-0.05, 0) is 33.3 Å². The van der Waals surface area contributed by atoms with E-state index in [2.05, 4.69) is 0 Å². The maximum Gasteiger partial charge on any atom is 0.190 e. The average molecular weight is 615 g/mol. The molecule has 240 valence electrons. The van der Waals surface area contributed by atoms with Gasteiger partial charge in [0.2, 0.25) is 0 Å². The van der Waals surface area contributed by atoms with E-state index in [1.165, 1.54) is 0 Å². The van der Waals surface area contributed by atoms with E-state index in [9.17, 15) is 0 Å². The second-order valence-electron chi connectivity index (χ2n) is 12.7. The Morgan fingerprint density at radius 3 is 2.14 bits per heavy atom. The summed E-state index contributed by atoms with van der Waals surface area (Å²) in [5, 5.41) is 0. The highest BCUT2D eigenvalue weighted by Crippen LogP contribution is 2.45. The van der Waals surface area contributed by atoms with Gasteiger partial charge in [-0.25, -0.2) is 0 Å². The lowest BCUT2D eigenvalue weighted by molar-refractivity contribution is -0.375. The summed E-state index contributed by atoms with van der Waals surface area (Å²) in [7, 11) is 1.60. The van der Waals surface area contributed by atoms with Crippen LogP contribution in [0.1, 0.15) is 45.1 Å². The van der Waals surface area contributed by atoms with Gasteiger partial charge < -0.3 is 52.1 Å². The molecule has 5 aliphatic heterocycles. The molecule has 11 atom stereocenters. The van der Waals surface area contributed by atoms with Crippen LogP contribution in [0, 0.1) is 0 Å². The normalized spacial score (nSPS) is 40.9. The molecule has 7 rings (SSSR count). The van der Waals surface area contributed by atoms with Gasteiger partial charge in [-0.1, -0.05) is 60.7 Å². The van der Waals surface area contributed by atoms with Crippen LogP contribution in [-0.4, -0.2) is 93.3 Å². The van der Waals surface area contributed by atoms with E-state index in [4.69, 9.17) is 52.1 Å². The van der Waals surface area contributed by atoms with Gasteiger partial charge in [0.15, 0.2) is 30.4 Å². The first-order chi connectivity index (χ1) is 21.2. The predicted molar refractivity (Wildman–Crippen MR) is 153 cm³/mol. The first kappa shape index (κ1) is 30.6. The quantitative estimate of drug-likeness (QED) is 0.434. The lowest BCUT2D eigenvalue weighted by atomic mass is 9.96. The van der Waals surface area contributed by atoms with Crippen LogP contribution in [0.5, 0.6) is 0 Å². The summed E-state index contributed by atoms with van der Waals surface area (Å²) >= 11 is 0. The maximum atomic E-state index is 7.11. The summed E-state index contributed by atoms with van der Waals surface area (Å²) in [5.74, 6) is -1.60. The summed E-state index contributed by atoms with van der Waals surface area (Å²) in [5.41, 5.74) is 1.91. The topological polar surface area (TPSA) is 102 Å². The van der Waals surface area contributed by atoms with E-state index >= 15 is 0 Å². The SMILES string of the molecule is CO[C@@H]1O[C@@H]2CO[C@@H](c3ccccc3)O[C@H]2[C@H](O[C@@H]2[C@H]3OC(C)(C)O[C@H]3O[C@@H]2[C@H]2COC(C)(C)O2)[C@H]1OCc1ccccc1. The zero-order valence-electron chi connectivity index (χ0n) is 25.7. The van der Waals surface area contributed by atoms with Crippen molar-refractivity contribution in [3.8, 4) is 0 Å². The molecule has 5 heterocycles. The minimum atomic E-state index is -0.849. The van der Waals surface area contributed by atoms with Crippen LogP contribution in [0.4, 0.5) is 0 Å². The summed E-state index contributed by atoms with van der Waals surface area (Å²) < 4.78 is 69.8. The first-order valence-electron chi connectivity index (χ1n) is 15.3. The number of fused-ring (bicyclic) bond motifs is 2. The lowest BCUT2D eigenvalue weighted by Gasteiger charge is -2.49. The number of hydrogen-bond donors (Lipinski definition) is 0. The molecule has 2 aromatic carbocycles. The lowest BCUT2D eigenvalue weighted by Crippen LogP contribution is -2.65. The summed E-state index contributed by atoms with van der Waals surface area (Å²) in [6.45, 7) is 8.44. The Bertz CT molecular complexity index is 1240. The highest BCUT2D eigenvalue weighted by atomic mass is 16.9. The molecule has 44 heavy (non-hydrogen) atoms. The van der Waals surface area contributed by atoms with Crippen LogP contribution < -0.4 is 0 Å². The Kier molecular flexibility index (Phi) is 8.57. The van der Waals surface area contributed by atoms with E-state index in [-0.39, 0.29) is 6.61 Å². The van der Waals surface area contributed by atoms with Crippen molar-refractivity contribution in [1.29, 1.82) is 0 Å². The third-order valence-electron chi connectivity index (χ3n) is 8.61. The van der Waals surface area contributed by atoms with Crippen molar-refractivity contribution in [2.24, 2.45) is 0 Å². The van der Waals surface area contributed by atoms with E-state index in [1.54, 1.807) is 7.11 Å². The van der Waals surface area contributed by atoms with Crippen molar-refractivity contribution in [3.63, 3.8) is 0 Å². The fourth-order valence-corrected chi connectivity index (χ4v) is 6.63. The minimum absolute atomic E-state index is 0.284. The van der Waals surface area contributed by atoms with Gasteiger partial charge in [0.05, 0.1) is 19.8 Å². The van der Waals surface area contributed by atoms with Crippen molar-refractivity contribution in [2.45, 2.75) is 114 Å². The largest absolute Gasteiger partial charge is 0.365 e. The highest BCUT2D eigenvalue weighted by molar-refractivity contribution is 5.17. The molecule has 0 amide bonds. The molecule has 0 spiro atoms. The summed E-state index contributed by atoms with van der Waals surface area (Å²) in [6.07, 6.45) is -6.42. The molecule has 11 nitrogen and oxygen atoms in total. The summed E-state index contributed by atoms with van der Waals surface area (Å²) in [6, 6.07) is 19.8. The first-order valence-corrected chi connectivity index (χ1v) is 15.3. The second kappa shape index (κ2) is 12.3. The molecular formula is C33H42O11. The van der Waals surface area contributed by atoms with Crippen molar-refractivity contribution in [2.75, 3.05) is 20.3 Å². The Hall–Kier alpha value is -2.00. The molecule has 0 bridgehead atoms. The molecule has 0 aromatic heterocycles. The standard InChI is InChI=1S/C33H42O11/c1-32(2)37-18-22(42-32)24-26(28-31(41-24)44-33(3,4)43-28)39-25-23-21(17-36-29(40-23)20-14-10-7-11-15-20)38-30(34-5)27(25)35-16-19-12-8-6-9-13-19/h6-15,21-31H,16-18H2,1-5H3/t21-,22-,23-,24-,25+,26+,27-,28-,29-,30-,31-/m1/s1. The monoisotopic (exact) mass is 614 g/mol. The van der Waals surface area contributed by atoms with Gasteiger partial charge in [-0.15, -0.1) is 0 Å². The van der Waals surface area contributed by atoms with E-state index in [0.29, 0.717) is 13.2 Å². The number of rotatable bonds is 8. The Balaban J connectivity index is 1.21. The van der Waals surface area contributed by atoms with Crippen LogP contribution in [-0.2, 0) is 58.7 Å². The molecule has 0 aliphatic carbocycles. The van der Waals surface area contributed by atoms with Crippen molar-refractivity contribution in [1.82, 2.24) is 0 Å². The van der Waals surface area contributed by atoms with E-state index in [0.717, 1.165) is 11.1 Å². The van der Waals surface area contributed by atoms with Gasteiger partial charge in [0.1, 0.15) is 48.8 Å². The van der Waals surface area contributed by atoms with Crippen LogP contribution in [0.15, 0.2) is 60.7 Å². The third-order valence-corrected chi connectivity index (χ3v) is 8.61. The molecule has 0 saturated carbocycles. The number of ether oxygens (including phenoxy) is 11. The van der Waals surface area contributed by atoms with Gasteiger partial charge in [0, 0.05) is 12.7 Å². The van der Waals surface area contributed by atoms with Gasteiger partial charge in [-0.2, -0.15) is 0 Å². The van der Waals surface area contributed by atoms with Crippen LogP contribution in [0.25, 0.3) is 0 Å². The number of methoxy groups -OCH3 is 1. The van der Waals surface area contributed by atoms with Crippen molar-refractivity contribution < 1.29 is 52.1 Å². The van der Waals surface area contributed by atoms with Crippen molar-refractivity contribution in [3.05, 3.63) is 71.8 Å². The maximum absolute atomic E-state index is 7.11. The number of benzene rings is 2. The minimum Gasteiger partial charge on any atom is -0.365 e. The Morgan fingerprint density at radius 1 is 0.705 bits per heavy atom. The van der Waals surface area contributed by atoms with Gasteiger partial charge in [-0.3, -0.25) is 0 Å². The Labute approximate surface area is 257 Å². The van der Waals surface area contributed by atoms with E-state index in [1.807, 2.05) is 88.4 Å². The second-order valence-corrected chi connectivity index (χ2v) is 12.7. The van der Waals surface area contributed by atoms with Crippen LogP contribution in [0.3, 0.4) is 0 Å². The van der Waals surface area contributed by atoms with Gasteiger partial charge in [0.25, 0.3) is 0 Å². The van der Waals surface area contributed by atoms with Crippen molar-refractivity contribution >= 4 is 0 Å². The zero-order chi connectivity index (χ0) is 30.5. The summed E-state index contributed by atoms with van der Waals surface area (Å²) in [4.78, 5) is 0. The predicted octanol–water partition coefficient (Wildman–Crippen LogP) is 3.84. The smallest absolute Gasteiger partial charge is 0.190 e. The molecule has 0 unspecified atom stereocenters. The third kappa shape index (κ3) is 6.21. The highest BCUT2D eigenvalue weighted by Gasteiger charge is 2.61. The van der Waals surface area contributed by atoms with Crippen LogP contribution in [0.2, 0.25) is 0 Å². The molecule has 5 saturated heterocycles. The van der Waals surface area contributed by atoms with Gasteiger partial charge >= 0.3 is 0 Å². The molecule has 2 aromatic rings. The fourth-order valence-electron chi connectivity index (χ4n) is 6.63. The molecule has 0 N–H and O–H groups in total. The van der Waals surface area contributed by atoms with E-state index < -0.39 is 79.3 Å². The fraction of sp³-hybridized carbons (Fsp3) is 0.636.